The third kappa shape index (κ3) is 4.82. The van der Waals surface area contributed by atoms with Crippen LogP contribution in [0.1, 0.15) is 29.1 Å². The van der Waals surface area contributed by atoms with E-state index in [9.17, 15) is 22.4 Å². The highest BCUT2D eigenvalue weighted by Crippen LogP contribution is 2.28. The molecule has 10 heteroatoms. The number of halogens is 1. The van der Waals surface area contributed by atoms with E-state index in [2.05, 4.69) is 5.32 Å². The van der Waals surface area contributed by atoms with Gasteiger partial charge in [-0.15, -0.1) is 11.3 Å². The number of ketones is 1. The molecule has 0 saturated carbocycles. The van der Waals surface area contributed by atoms with E-state index in [0.29, 0.717) is 30.9 Å². The number of anilines is 1. The minimum Gasteiger partial charge on any atom is -0.367 e. The van der Waals surface area contributed by atoms with Crippen LogP contribution >= 0.6 is 11.3 Å². The summed E-state index contributed by atoms with van der Waals surface area (Å²) in [7, 11) is -3.64. The van der Waals surface area contributed by atoms with Crippen molar-refractivity contribution in [2.45, 2.75) is 24.6 Å². The summed E-state index contributed by atoms with van der Waals surface area (Å²) in [5.74, 6) is -0.877. The minimum absolute atomic E-state index is 0.178. The number of amides is 1. The normalized spacial score (nSPS) is 15.3. The van der Waals surface area contributed by atoms with E-state index < -0.39 is 15.8 Å². The van der Waals surface area contributed by atoms with Gasteiger partial charge >= 0.3 is 0 Å². The quantitative estimate of drug-likeness (QED) is 0.698. The number of rotatable bonds is 6. The number of nitrogens with one attached hydrogen (secondary N) is 1. The van der Waals surface area contributed by atoms with Crippen molar-refractivity contribution in [3.8, 4) is 0 Å². The maximum absolute atomic E-state index is 14.4. The van der Waals surface area contributed by atoms with Crippen LogP contribution in [0.5, 0.6) is 0 Å². The Hall–Kier alpha value is -2.30. The molecule has 1 N–H and O–H groups in total. The molecule has 0 unspecified atom stereocenters. The van der Waals surface area contributed by atoms with E-state index >= 15 is 0 Å². The number of benzene rings is 1. The number of carbonyl (C=O) groups is 2. The first-order valence-corrected chi connectivity index (χ1v) is 11.3. The fourth-order valence-electron chi connectivity index (χ4n) is 3.08. The van der Waals surface area contributed by atoms with Crippen molar-refractivity contribution >= 4 is 38.7 Å². The lowest BCUT2D eigenvalue weighted by Crippen LogP contribution is -2.48. The fraction of sp³-hybridized carbons (Fsp3) is 0.368. The summed E-state index contributed by atoms with van der Waals surface area (Å²) in [4.78, 5) is 24.9. The second kappa shape index (κ2) is 8.60. The zero-order chi connectivity index (χ0) is 21.2. The second-order valence-corrected chi connectivity index (χ2v) is 10.1. The second-order valence-electron chi connectivity index (χ2n) is 6.74. The van der Waals surface area contributed by atoms with Gasteiger partial charge in [-0.1, -0.05) is 0 Å². The smallest absolute Gasteiger partial charge is 0.252 e. The molecule has 1 saturated heterocycles. The van der Waals surface area contributed by atoms with Crippen molar-refractivity contribution in [2.75, 3.05) is 31.1 Å². The number of hydrogen-bond acceptors (Lipinski definition) is 6. The average Bonchev–Trinajstić information content (AvgIpc) is 3.16. The Balaban J connectivity index is 1.67. The Morgan fingerprint density at radius 1 is 1.10 bits per heavy atom. The lowest BCUT2D eigenvalue weighted by atomic mass is 10.1. The van der Waals surface area contributed by atoms with Gasteiger partial charge in [-0.05, 0) is 37.3 Å². The van der Waals surface area contributed by atoms with Crippen LogP contribution in [0, 0.1) is 5.82 Å². The van der Waals surface area contributed by atoms with Crippen LogP contribution in [-0.2, 0) is 21.4 Å². The average molecular weight is 440 g/mol. The Kier molecular flexibility index (Phi) is 6.35. The molecule has 1 aromatic carbocycles. The van der Waals surface area contributed by atoms with Gasteiger partial charge in [-0.25, -0.2) is 12.8 Å². The lowest BCUT2D eigenvalue weighted by molar-refractivity contribution is -0.119. The molecular formula is C19H22FN3O4S2. The molecule has 2 heterocycles. The number of sulfonamides is 1. The third-order valence-corrected chi connectivity index (χ3v) is 8.13. The van der Waals surface area contributed by atoms with Crippen LogP contribution < -0.4 is 10.2 Å². The topological polar surface area (TPSA) is 86.8 Å². The highest BCUT2D eigenvalue weighted by atomic mass is 32.2. The first-order chi connectivity index (χ1) is 13.7. The molecule has 1 aromatic heterocycles. The first-order valence-electron chi connectivity index (χ1n) is 9.07. The van der Waals surface area contributed by atoms with E-state index in [1.807, 2.05) is 0 Å². The van der Waals surface area contributed by atoms with Crippen LogP contribution in [0.25, 0.3) is 0 Å². The Bertz CT molecular complexity index is 1030. The van der Waals surface area contributed by atoms with Gasteiger partial charge in [0.25, 0.3) is 10.0 Å². The number of carbonyl (C=O) groups excluding carboxylic acids is 2. The van der Waals surface area contributed by atoms with Crippen molar-refractivity contribution in [2.24, 2.45) is 0 Å². The molecule has 1 aliphatic heterocycles. The highest BCUT2D eigenvalue weighted by molar-refractivity contribution is 7.91. The zero-order valence-corrected chi connectivity index (χ0v) is 17.8. The zero-order valence-electron chi connectivity index (χ0n) is 16.1. The summed E-state index contributed by atoms with van der Waals surface area (Å²) >= 11 is 1.13. The molecule has 0 spiro atoms. The minimum atomic E-state index is -3.64. The van der Waals surface area contributed by atoms with Gasteiger partial charge in [0.2, 0.25) is 5.91 Å². The standard InChI is InChI=1S/C19H22FN3O4S2/c1-13(24)15-3-5-18(17(20)11-15)22-7-9-23(10-8-22)29(26,27)19-6-4-16(28-19)12-21-14(2)25/h3-6,11H,7-10,12H2,1-2H3,(H,21,25). The fourth-order valence-corrected chi connectivity index (χ4v) is 5.95. The summed E-state index contributed by atoms with van der Waals surface area (Å²) in [6, 6.07) is 7.58. The monoisotopic (exact) mass is 439 g/mol. The molecule has 2 aromatic rings. The Morgan fingerprint density at radius 3 is 2.38 bits per heavy atom. The summed E-state index contributed by atoms with van der Waals surface area (Å²) in [6.45, 7) is 4.23. The van der Waals surface area contributed by atoms with E-state index in [1.54, 1.807) is 29.2 Å². The number of hydrogen-bond donors (Lipinski definition) is 1. The van der Waals surface area contributed by atoms with Crippen molar-refractivity contribution in [3.05, 3.63) is 46.6 Å². The molecule has 3 rings (SSSR count). The van der Waals surface area contributed by atoms with Crippen molar-refractivity contribution < 1.29 is 22.4 Å². The summed E-state index contributed by atoms with van der Waals surface area (Å²) in [5.41, 5.74) is 0.668. The number of piperazine rings is 1. The number of Topliss-reactive ketones (excluding diaryl/α,β-unsaturated/α-hetero) is 1. The van der Waals surface area contributed by atoms with Crippen molar-refractivity contribution in [1.29, 1.82) is 0 Å². The maximum Gasteiger partial charge on any atom is 0.252 e. The Labute approximate surface area is 173 Å². The molecule has 29 heavy (non-hydrogen) atoms. The SMILES string of the molecule is CC(=O)NCc1ccc(S(=O)(=O)N2CCN(c3ccc(C(C)=O)cc3F)CC2)s1. The van der Waals surface area contributed by atoms with Crippen LogP contribution in [0.2, 0.25) is 0 Å². The van der Waals surface area contributed by atoms with Crippen LogP contribution in [0.4, 0.5) is 10.1 Å². The molecule has 0 atom stereocenters. The van der Waals surface area contributed by atoms with Crippen LogP contribution in [0.3, 0.4) is 0 Å². The molecule has 7 nitrogen and oxygen atoms in total. The molecule has 0 radical (unpaired) electrons. The van der Waals surface area contributed by atoms with E-state index in [4.69, 9.17) is 0 Å². The van der Waals surface area contributed by atoms with Gasteiger partial charge in [0.15, 0.2) is 5.78 Å². The molecule has 0 aliphatic carbocycles. The molecule has 1 aliphatic rings. The predicted octanol–water partition coefficient (Wildman–Crippen LogP) is 2.24. The lowest BCUT2D eigenvalue weighted by Gasteiger charge is -2.35. The number of nitrogens with zero attached hydrogens (tertiary/aromatic N) is 2. The van der Waals surface area contributed by atoms with Gasteiger partial charge in [-0.3, -0.25) is 9.59 Å². The van der Waals surface area contributed by atoms with Gasteiger partial charge < -0.3 is 10.2 Å². The van der Waals surface area contributed by atoms with Gasteiger partial charge in [0.05, 0.1) is 12.2 Å². The van der Waals surface area contributed by atoms with Crippen LogP contribution in [-0.4, -0.2) is 50.6 Å². The van der Waals surface area contributed by atoms with Gasteiger partial charge in [0.1, 0.15) is 10.0 Å². The largest absolute Gasteiger partial charge is 0.367 e. The van der Waals surface area contributed by atoms with Gasteiger partial charge in [-0.2, -0.15) is 4.31 Å². The molecule has 156 valence electrons. The van der Waals surface area contributed by atoms with Crippen molar-refractivity contribution in [1.82, 2.24) is 9.62 Å². The van der Waals surface area contributed by atoms with E-state index in [0.717, 1.165) is 16.2 Å². The Morgan fingerprint density at radius 2 is 1.79 bits per heavy atom. The molecule has 0 bridgehead atoms. The molecule has 1 fully saturated rings. The highest BCUT2D eigenvalue weighted by Gasteiger charge is 2.30. The van der Waals surface area contributed by atoms with Crippen LogP contribution in [0.15, 0.2) is 34.5 Å². The predicted molar refractivity (Wildman–Crippen MR) is 109 cm³/mol. The first kappa shape index (κ1) is 21.4. The van der Waals surface area contributed by atoms with E-state index in [1.165, 1.54) is 24.2 Å². The molecule has 1 amide bonds. The van der Waals surface area contributed by atoms with Crippen molar-refractivity contribution in [3.63, 3.8) is 0 Å². The summed E-state index contributed by atoms with van der Waals surface area (Å²) in [6.07, 6.45) is 0. The number of thiophene rings is 1. The third-order valence-electron chi connectivity index (χ3n) is 4.68. The van der Waals surface area contributed by atoms with E-state index in [-0.39, 0.29) is 29.0 Å². The summed E-state index contributed by atoms with van der Waals surface area (Å²) < 4.78 is 41.8. The molecular weight excluding hydrogens is 417 g/mol. The summed E-state index contributed by atoms with van der Waals surface area (Å²) in [5, 5.41) is 2.65. The van der Waals surface area contributed by atoms with Gasteiger partial charge in [0, 0.05) is 43.5 Å². The maximum atomic E-state index is 14.4.